The average molecular weight is 393 g/mol. The molecule has 0 N–H and O–H groups in total. The monoisotopic (exact) mass is 392 g/mol. The van der Waals surface area contributed by atoms with Gasteiger partial charge in [-0.05, 0) is 25.5 Å². The number of rotatable bonds is 15. The molecule has 0 aliphatic heterocycles. The van der Waals surface area contributed by atoms with Crippen molar-refractivity contribution in [2.45, 2.75) is 96.1 Å². The fourth-order valence-electron chi connectivity index (χ4n) is 2.93. The summed E-state index contributed by atoms with van der Waals surface area (Å²) in [7, 11) is -3.53. The largest absolute Gasteiger partial charge is 1.00 e. The molecule has 0 aromatic heterocycles. The van der Waals surface area contributed by atoms with E-state index in [1.807, 2.05) is 6.07 Å². The van der Waals surface area contributed by atoms with Crippen molar-refractivity contribution in [2.24, 2.45) is 0 Å². The first kappa shape index (κ1) is 26.0. The molecule has 0 radical (unpaired) electrons. The van der Waals surface area contributed by atoms with Crippen molar-refractivity contribution in [3.05, 3.63) is 30.3 Å². The predicted molar refractivity (Wildman–Crippen MR) is 108 cm³/mol. The molecule has 1 aromatic rings. The Morgan fingerprint density at radius 1 is 0.846 bits per heavy atom. The number of unbranched alkanes of at least 4 members (excludes halogenated alkanes) is 10. The molecule has 3 nitrogen and oxygen atoms in total. The van der Waals surface area contributed by atoms with E-state index < -0.39 is 15.4 Å². The topological polar surface area (TPSA) is 43.4 Å². The van der Waals surface area contributed by atoms with Gasteiger partial charge in [0.15, 0.2) is 0 Å². The summed E-state index contributed by atoms with van der Waals surface area (Å²) in [5.74, 6) is 0.397. The molecular formula is C21H37NaO3S. The number of hydrogen-bond donors (Lipinski definition) is 0. The number of para-hydroxylation sites is 1. The summed E-state index contributed by atoms with van der Waals surface area (Å²) in [6, 6.07) is 8.74. The third-order valence-corrected chi connectivity index (χ3v) is 6.31. The fraction of sp³-hybridized carbons (Fsp3) is 0.714. The van der Waals surface area contributed by atoms with Crippen LogP contribution in [0.3, 0.4) is 0 Å². The van der Waals surface area contributed by atoms with E-state index in [4.69, 9.17) is 4.18 Å². The first-order valence-corrected chi connectivity index (χ1v) is 11.5. The molecule has 0 spiro atoms. The summed E-state index contributed by atoms with van der Waals surface area (Å²) >= 11 is 0. The Hall–Kier alpha value is -0.0300. The molecule has 0 saturated carbocycles. The van der Waals surface area contributed by atoms with E-state index in [9.17, 15) is 8.42 Å². The molecule has 0 aliphatic carbocycles. The van der Waals surface area contributed by atoms with Crippen LogP contribution in [0.1, 0.15) is 92.3 Å². The number of hydrogen-bond acceptors (Lipinski definition) is 3. The Morgan fingerprint density at radius 2 is 1.31 bits per heavy atom. The van der Waals surface area contributed by atoms with E-state index >= 15 is 0 Å². The molecule has 0 amide bonds. The third kappa shape index (κ3) is 12.4. The second kappa shape index (κ2) is 16.0. The Balaban J connectivity index is 0. The first-order chi connectivity index (χ1) is 12.1. The van der Waals surface area contributed by atoms with Crippen molar-refractivity contribution in [2.75, 3.05) is 0 Å². The minimum Gasteiger partial charge on any atom is -1.00 e. The second-order valence-corrected chi connectivity index (χ2v) is 8.98. The Kier molecular flexibility index (Phi) is 16.0. The Labute approximate surface area is 185 Å². The quantitative estimate of drug-likeness (QED) is 0.260. The molecule has 146 valence electrons. The van der Waals surface area contributed by atoms with Crippen molar-refractivity contribution < 1.29 is 43.6 Å². The zero-order chi connectivity index (χ0) is 18.4. The average Bonchev–Trinajstić information content (AvgIpc) is 2.60. The van der Waals surface area contributed by atoms with Gasteiger partial charge in [0, 0.05) is 0 Å². The van der Waals surface area contributed by atoms with Crippen LogP contribution in [-0.2, 0) is 10.1 Å². The molecule has 1 unspecified atom stereocenters. The number of benzene rings is 1. The van der Waals surface area contributed by atoms with Gasteiger partial charge in [-0.15, -0.1) is 0 Å². The van der Waals surface area contributed by atoms with Gasteiger partial charge in [-0.3, -0.25) is 0 Å². The molecule has 1 aromatic carbocycles. The summed E-state index contributed by atoms with van der Waals surface area (Å²) in [6.07, 6.45) is 14.7. The maximum Gasteiger partial charge on any atom is 1.00 e. The van der Waals surface area contributed by atoms with Crippen molar-refractivity contribution in [1.82, 2.24) is 0 Å². The van der Waals surface area contributed by atoms with Crippen molar-refractivity contribution in [3.63, 3.8) is 0 Å². The summed E-state index contributed by atoms with van der Waals surface area (Å²) in [4.78, 5) is 0. The smallest absolute Gasteiger partial charge is 1.00 e. The fourth-order valence-corrected chi connectivity index (χ4v) is 3.93. The van der Waals surface area contributed by atoms with Gasteiger partial charge >= 0.3 is 39.7 Å². The maximum absolute atomic E-state index is 12.2. The van der Waals surface area contributed by atoms with Gasteiger partial charge in [0.25, 0.3) is 0 Å². The Morgan fingerprint density at radius 3 is 1.81 bits per heavy atom. The van der Waals surface area contributed by atoms with Gasteiger partial charge in [0.1, 0.15) is 5.75 Å². The zero-order valence-electron chi connectivity index (χ0n) is 18.1. The van der Waals surface area contributed by atoms with Crippen molar-refractivity contribution >= 4 is 10.1 Å². The van der Waals surface area contributed by atoms with Crippen LogP contribution in [-0.4, -0.2) is 13.7 Å². The van der Waals surface area contributed by atoms with Crippen LogP contribution < -0.4 is 33.7 Å². The molecule has 1 atom stereocenters. The van der Waals surface area contributed by atoms with Gasteiger partial charge in [0.2, 0.25) is 0 Å². The molecular weight excluding hydrogens is 355 g/mol. The molecule has 0 saturated heterocycles. The third-order valence-electron chi connectivity index (χ3n) is 4.66. The normalized spacial score (nSPS) is 12.4. The summed E-state index contributed by atoms with van der Waals surface area (Å²) in [6.45, 7) is 3.99. The van der Waals surface area contributed by atoms with E-state index in [1.165, 1.54) is 57.8 Å². The molecule has 26 heavy (non-hydrogen) atoms. The van der Waals surface area contributed by atoms with Crippen LogP contribution in [0.5, 0.6) is 5.75 Å². The van der Waals surface area contributed by atoms with Crippen LogP contribution in [0.25, 0.3) is 0 Å². The SMILES string of the molecule is CCCCCCCCCCCCCC(C)S(=O)(=O)Oc1ccccc1.[H-].[Na+]. The van der Waals surface area contributed by atoms with Gasteiger partial charge in [-0.25, -0.2) is 0 Å². The minimum absolute atomic E-state index is 0. The molecule has 1 rings (SSSR count). The molecule has 0 fully saturated rings. The molecule has 0 bridgehead atoms. The van der Waals surface area contributed by atoms with Crippen LogP contribution in [0.2, 0.25) is 0 Å². The van der Waals surface area contributed by atoms with Crippen LogP contribution in [0, 0.1) is 0 Å². The summed E-state index contributed by atoms with van der Waals surface area (Å²) in [5, 5.41) is -0.453. The molecule has 0 aliphatic rings. The van der Waals surface area contributed by atoms with Crippen LogP contribution in [0.15, 0.2) is 30.3 Å². The van der Waals surface area contributed by atoms with E-state index in [1.54, 1.807) is 31.2 Å². The van der Waals surface area contributed by atoms with E-state index in [-0.39, 0.29) is 31.0 Å². The maximum atomic E-state index is 12.2. The van der Waals surface area contributed by atoms with Gasteiger partial charge in [-0.1, -0.05) is 95.8 Å². The van der Waals surface area contributed by atoms with E-state index in [2.05, 4.69) is 6.92 Å². The molecule has 0 heterocycles. The van der Waals surface area contributed by atoms with E-state index in [0.717, 1.165) is 12.8 Å². The van der Waals surface area contributed by atoms with E-state index in [0.29, 0.717) is 12.2 Å². The second-order valence-electron chi connectivity index (χ2n) is 7.02. The zero-order valence-corrected chi connectivity index (χ0v) is 19.9. The van der Waals surface area contributed by atoms with Crippen LogP contribution >= 0.6 is 0 Å². The standard InChI is InChI=1S/C21H36O3S.Na.H/c1-3-4-5-6-7-8-9-10-11-12-14-17-20(2)25(22,23)24-21-18-15-13-16-19-21;;/h13,15-16,18-20H,3-12,14,17H2,1-2H3;;/q;+1;-1. The summed E-state index contributed by atoms with van der Waals surface area (Å²) in [5.41, 5.74) is 0. The molecule has 5 heteroatoms. The Bertz CT molecular complexity index is 538. The minimum atomic E-state index is -3.53. The van der Waals surface area contributed by atoms with Crippen molar-refractivity contribution in [1.29, 1.82) is 0 Å². The predicted octanol–water partition coefficient (Wildman–Crippen LogP) is 3.60. The van der Waals surface area contributed by atoms with Crippen molar-refractivity contribution in [3.8, 4) is 5.75 Å². The van der Waals surface area contributed by atoms with Crippen LogP contribution in [0.4, 0.5) is 0 Å². The van der Waals surface area contributed by atoms with Gasteiger partial charge < -0.3 is 5.61 Å². The summed E-state index contributed by atoms with van der Waals surface area (Å²) < 4.78 is 29.6. The van der Waals surface area contributed by atoms with Gasteiger partial charge in [-0.2, -0.15) is 8.42 Å². The van der Waals surface area contributed by atoms with Gasteiger partial charge in [0.05, 0.1) is 5.25 Å². The first-order valence-electron chi connectivity index (χ1n) is 10.0.